The Kier molecular flexibility index (Phi) is 12.5. The SMILES string of the molecule is CC.CCNCC1N=C(C(CCCC2CCCCC2)CC(=O)OC(C)(C)C)ON1. The lowest BCUT2D eigenvalue weighted by Crippen LogP contribution is -2.33. The van der Waals surface area contributed by atoms with Gasteiger partial charge >= 0.3 is 5.97 Å². The van der Waals surface area contributed by atoms with Crippen LogP contribution < -0.4 is 10.8 Å². The van der Waals surface area contributed by atoms with Gasteiger partial charge in [-0.1, -0.05) is 65.7 Å². The lowest BCUT2D eigenvalue weighted by atomic mass is 9.84. The fourth-order valence-electron chi connectivity index (χ4n) is 3.92. The molecule has 0 bridgehead atoms. The quantitative estimate of drug-likeness (QED) is 0.496. The van der Waals surface area contributed by atoms with Gasteiger partial charge in [0, 0.05) is 12.5 Å². The average Bonchev–Trinajstić information content (AvgIpc) is 3.15. The van der Waals surface area contributed by atoms with Crippen molar-refractivity contribution in [2.75, 3.05) is 13.1 Å². The molecule has 0 amide bonds. The predicted molar refractivity (Wildman–Crippen MR) is 120 cm³/mol. The van der Waals surface area contributed by atoms with Crippen LogP contribution in [0, 0.1) is 11.8 Å². The van der Waals surface area contributed by atoms with Gasteiger partial charge in [-0.2, -0.15) is 0 Å². The summed E-state index contributed by atoms with van der Waals surface area (Å²) in [5.41, 5.74) is 2.50. The summed E-state index contributed by atoms with van der Waals surface area (Å²) >= 11 is 0. The monoisotopic (exact) mass is 411 g/mol. The summed E-state index contributed by atoms with van der Waals surface area (Å²) in [7, 11) is 0. The molecular weight excluding hydrogens is 366 g/mol. The molecule has 1 aliphatic heterocycles. The predicted octanol–water partition coefficient (Wildman–Crippen LogP) is 4.98. The molecule has 1 aliphatic carbocycles. The highest BCUT2D eigenvalue weighted by molar-refractivity contribution is 5.84. The van der Waals surface area contributed by atoms with Crippen molar-refractivity contribution in [2.45, 2.75) is 111 Å². The molecule has 1 heterocycles. The number of rotatable bonds is 10. The Balaban J connectivity index is 0.00000204. The first-order valence-corrected chi connectivity index (χ1v) is 11.8. The molecule has 6 heteroatoms. The van der Waals surface area contributed by atoms with E-state index in [-0.39, 0.29) is 18.1 Å². The maximum absolute atomic E-state index is 12.4. The van der Waals surface area contributed by atoms with Crippen LogP contribution in [0.15, 0.2) is 4.99 Å². The zero-order valence-electron chi connectivity index (χ0n) is 19.7. The summed E-state index contributed by atoms with van der Waals surface area (Å²) in [4.78, 5) is 22.7. The Morgan fingerprint density at radius 3 is 2.59 bits per heavy atom. The van der Waals surface area contributed by atoms with E-state index < -0.39 is 5.60 Å². The molecule has 2 atom stereocenters. The summed E-state index contributed by atoms with van der Waals surface area (Å²) in [5, 5.41) is 3.27. The lowest BCUT2D eigenvalue weighted by Gasteiger charge is -2.23. The zero-order chi connectivity index (χ0) is 21.7. The number of esters is 1. The van der Waals surface area contributed by atoms with E-state index >= 15 is 0 Å². The van der Waals surface area contributed by atoms with Crippen LogP contribution in [0.4, 0.5) is 0 Å². The van der Waals surface area contributed by atoms with E-state index in [1.807, 2.05) is 34.6 Å². The molecule has 1 fully saturated rings. The largest absolute Gasteiger partial charge is 0.460 e. The van der Waals surface area contributed by atoms with Crippen molar-refractivity contribution >= 4 is 11.9 Å². The molecule has 2 unspecified atom stereocenters. The molecule has 2 aliphatic rings. The molecule has 2 rings (SSSR count). The Bertz CT molecular complexity index is 482. The number of nitrogens with zero attached hydrogens (tertiary/aromatic N) is 1. The van der Waals surface area contributed by atoms with Crippen LogP contribution in [0.3, 0.4) is 0 Å². The minimum Gasteiger partial charge on any atom is -0.460 e. The van der Waals surface area contributed by atoms with E-state index in [2.05, 4.69) is 22.7 Å². The molecule has 0 spiro atoms. The second kappa shape index (κ2) is 14.0. The number of likely N-dealkylation sites (N-methyl/N-ethyl adjacent to an activating group) is 1. The summed E-state index contributed by atoms with van der Waals surface area (Å²) in [6, 6.07) is 0. The fraction of sp³-hybridized carbons (Fsp3) is 0.913. The van der Waals surface area contributed by atoms with Crippen LogP contribution in [0.25, 0.3) is 0 Å². The first-order valence-electron chi connectivity index (χ1n) is 11.8. The van der Waals surface area contributed by atoms with Crippen LogP contribution in [-0.2, 0) is 14.4 Å². The molecule has 1 saturated carbocycles. The van der Waals surface area contributed by atoms with Crippen molar-refractivity contribution in [3.05, 3.63) is 0 Å². The van der Waals surface area contributed by atoms with Crippen LogP contribution >= 0.6 is 0 Å². The minimum atomic E-state index is -0.464. The van der Waals surface area contributed by atoms with E-state index in [1.165, 1.54) is 38.5 Å². The van der Waals surface area contributed by atoms with E-state index in [0.717, 1.165) is 31.8 Å². The Morgan fingerprint density at radius 2 is 1.97 bits per heavy atom. The summed E-state index contributed by atoms with van der Waals surface area (Å²) < 4.78 is 5.53. The smallest absolute Gasteiger partial charge is 0.307 e. The maximum atomic E-state index is 12.4. The molecule has 0 radical (unpaired) electrons. The maximum Gasteiger partial charge on any atom is 0.307 e. The fourth-order valence-corrected chi connectivity index (χ4v) is 3.92. The third-order valence-electron chi connectivity index (χ3n) is 5.24. The van der Waals surface area contributed by atoms with Gasteiger partial charge < -0.3 is 14.9 Å². The summed E-state index contributed by atoms with van der Waals surface area (Å²) in [6.45, 7) is 13.4. The van der Waals surface area contributed by atoms with E-state index in [1.54, 1.807) is 0 Å². The van der Waals surface area contributed by atoms with Gasteiger partial charge in [0.1, 0.15) is 11.8 Å². The molecule has 0 aromatic carbocycles. The van der Waals surface area contributed by atoms with Gasteiger partial charge in [0.05, 0.1) is 6.42 Å². The normalized spacial score (nSPS) is 20.9. The van der Waals surface area contributed by atoms with Crippen LogP contribution in [0.2, 0.25) is 0 Å². The van der Waals surface area contributed by atoms with Crippen molar-refractivity contribution < 1.29 is 14.4 Å². The highest BCUT2D eigenvalue weighted by atomic mass is 16.7. The van der Waals surface area contributed by atoms with Gasteiger partial charge in [0.2, 0.25) is 5.90 Å². The minimum absolute atomic E-state index is 0.0115. The van der Waals surface area contributed by atoms with Crippen molar-refractivity contribution in [3.63, 3.8) is 0 Å². The lowest BCUT2D eigenvalue weighted by molar-refractivity contribution is -0.155. The number of carbonyl (C=O) groups is 1. The van der Waals surface area contributed by atoms with Crippen molar-refractivity contribution in [1.29, 1.82) is 0 Å². The van der Waals surface area contributed by atoms with Crippen LogP contribution in [-0.4, -0.2) is 36.7 Å². The topological polar surface area (TPSA) is 72.0 Å². The molecule has 0 saturated heterocycles. The number of nitrogens with one attached hydrogen (secondary N) is 2. The first kappa shape index (κ1) is 25.9. The van der Waals surface area contributed by atoms with Gasteiger partial charge in [0.15, 0.2) is 0 Å². The standard InChI is InChI=1S/C21H39N3O3.C2H6/c1-5-22-15-18-23-20(27-24-18)17(14-19(25)26-21(2,3)4)13-9-12-16-10-7-6-8-11-16;1-2/h16-18,22,24H,5-15H2,1-4H3;1-2H3. The van der Waals surface area contributed by atoms with Gasteiger partial charge in [-0.3, -0.25) is 4.79 Å². The Morgan fingerprint density at radius 1 is 1.28 bits per heavy atom. The van der Waals surface area contributed by atoms with Gasteiger partial charge in [-0.25, -0.2) is 4.99 Å². The Hall–Kier alpha value is -1.14. The van der Waals surface area contributed by atoms with Crippen LogP contribution in [0.5, 0.6) is 0 Å². The number of carbonyl (C=O) groups excluding carboxylic acids is 1. The summed E-state index contributed by atoms with van der Waals surface area (Å²) in [6.07, 6.45) is 10.4. The molecular formula is C23H45N3O3. The van der Waals surface area contributed by atoms with Crippen LogP contribution in [0.1, 0.15) is 99.3 Å². The highest BCUT2D eigenvalue weighted by Crippen LogP contribution is 2.29. The second-order valence-corrected chi connectivity index (χ2v) is 8.93. The number of hydrogen-bond donors (Lipinski definition) is 2. The number of hydroxylamine groups is 1. The highest BCUT2D eigenvalue weighted by Gasteiger charge is 2.29. The number of hydrogen-bond acceptors (Lipinski definition) is 6. The third kappa shape index (κ3) is 11.0. The molecule has 29 heavy (non-hydrogen) atoms. The van der Waals surface area contributed by atoms with E-state index in [4.69, 9.17) is 9.57 Å². The second-order valence-electron chi connectivity index (χ2n) is 8.93. The van der Waals surface area contributed by atoms with Gasteiger partial charge in [-0.05, 0) is 39.7 Å². The number of aliphatic imine (C=N–C) groups is 1. The molecule has 0 aromatic rings. The van der Waals surface area contributed by atoms with Crippen molar-refractivity contribution in [3.8, 4) is 0 Å². The molecule has 170 valence electrons. The average molecular weight is 412 g/mol. The third-order valence-corrected chi connectivity index (χ3v) is 5.24. The molecule has 2 N–H and O–H groups in total. The van der Waals surface area contributed by atoms with E-state index in [9.17, 15) is 4.79 Å². The Labute approximate surface area is 178 Å². The van der Waals surface area contributed by atoms with E-state index in [0.29, 0.717) is 12.3 Å². The van der Waals surface area contributed by atoms with Crippen molar-refractivity contribution in [1.82, 2.24) is 10.8 Å². The first-order chi connectivity index (χ1) is 13.9. The van der Waals surface area contributed by atoms with Gasteiger partial charge in [0.25, 0.3) is 0 Å². The van der Waals surface area contributed by atoms with Gasteiger partial charge in [-0.15, -0.1) is 5.48 Å². The van der Waals surface area contributed by atoms with Crippen molar-refractivity contribution in [2.24, 2.45) is 16.8 Å². The number of ether oxygens (including phenoxy) is 1. The molecule has 6 nitrogen and oxygen atoms in total. The zero-order valence-corrected chi connectivity index (χ0v) is 19.7. The summed E-state index contributed by atoms with van der Waals surface area (Å²) in [5.74, 6) is 1.33. The molecule has 0 aromatic heterocycles.